The molecule has 1 amide bonds. The lowest BCUT2D eigenvalue weighted by Gasteiger charge is -2.34. The second kappa shape index (κ2) is 13.3. The van der Waals surface area contributed by atoms with Crippen molar-refractivity contribution in [3.8, 4) is 16.9 Å². The summed E-state index contributed by atoms with van der Waals surface area (Å²) in [6.45, 7) is 10.9. The van der Waals surface area contributed by atoms with E-state index in [1.54, 1.807) is 18.2 Å². The Bertz CT molecular complexity index is 2530. The molecule has 1 aliphatic rings. The van der Waals surface area contributed by atoms with Crippen LogP contribution in [0.4, 0.5) is 5.82 Å². The average Bonchev–Trinajstić information content (AvgIpc) is 3.71. The van der Waals surface area contributed by atoms with Crippen LogP contribution < -0.4 is 14.4 Å². The van der Waals surface area contributed by atoms with E-state index in [1.165, 1.54) is 7.05 Å². The quantitative estimate of drug-likeness (QED) is 0.150. The van der Waals surface area contributed by atoms with E-state index < -0.39 is 10.0 Å². The minimum Gasteiger partial charge on any atom is -0.494 e. The molecule has 6 aromatic rings. The fraction of sp³-hybridized carbons (Fsp3) is 0.333. The Labute approximate surface area is 313 Å². The molecule has 0 bridgehead atoms. The summed E-state index contributed by atoms with van der Waals surface area (Å²) in [6, 6.07) is 14.6. The highest BCUT2D eigenvalue weighted by Gasteiger charge is 2.37. The molecule has 0 radical (unpaired) electrons. The largest absolute Gasteiger partial charge is 0.494 e. The highest BCUT2D eigenvalue weighted by Crippen LogP contribution is 2.45. The molecule has 0 saturated carbocycles. The van der Waals surface area contributed by atoms with E-state index in [-0.39, 0.29) is 16.8 Å². The van der Waals surface area contributed by atoms with Crippen molar-refractivity contribution in [3.05, 3.63) is 92.3 Å². The first-order chi connectivity index (χ1) is 24.6. The molecule has 13 heteroatoms. The number of carbonyl (C=O) groups is 1. The number of fused-ring (bicyclic) bond motifs is 4. The Morgan fingerprint density at radius 3 is 2.35 bits per heavy atom. The molecule has 3 aromatic carbocycles. The normalized spacial score (nSPS) is 14.9. The molecule has 4 heterocycles. The highest BCUT2D eigenvalue weighted by atomic mass is 35.5. The van der Waals surface area contributed by atoms with Crippen molar-refractivity contribution in [1.82, 2.24) is 23.6 Å². The van der Waals surface area contributed by atoms with Crippen LogP contribution in [0.2, 0.25) is 10.0 Å². The molecule has 0 unspecified atom stereocenters. The summed E-state index contributed by atoms with van der Waals surface area (Å²) in [5.74, 6) is 1.31. The number of ether oxygens (including phenoxy) is 1. The number of hydrogen-bond donors (Lipinski definition) is 1. The van der Waals surface area contributed by atoms with Gasteiger partial charge in [-0.25, -0.2) is 13.1 Å². The van der Waals surface area contributed by atoms with Crippen molar-refractivity contribution in [2.24, 2.45) is 14.1 Å². The van der Waals surface area contributed by atoms with E-state index in [4.69, 9.17) is 33.0 Å². The topological polar surface area (TPSA) is 103 Å². The summed E-state index contributed by atoms with van der Waals surface area (Å²) >= 11 is 13.5. The van der Waals surface area contributed by atoms with Crippen LogP contribution in [-0.2, 0) is 30.5 Å². The first kappa shape index (κ1) is 36.1. The molecule has 1 atom stereocenters. The number of benzene rings is 3. The van der Waals surface area contributed by atoms with E-state index in [0.717, 1.165) is 71.8 Å². The van der Waals surface area contributed by atoms with Crippen molar-refractivity contribution < 1.29 is 17.9 Å². The Kier molecular flexibility index (Phi) is 9.22. The zero-order valence-electron chi connectivity index (χ0n) is 30.6. The van der Waals surface area contributed by atoms with Gasteiger partial charge in [0.2, 0.25) is 10.0 Å². The van der Waals surface area contributed by atoms with E-state index in [2.05, 4.69) is 16.2 Å². The summed E-state index contributed by atoms with van der Waals surface area (Å²) in [4.78, 5) is 17.0. The van der Waals surface area contributed by atoms with Crippen LogP contribution in [0.15, 0.2) is 53.4 Å². The van der Waals surface area contributed by atoms with Crippen LogP contribution in [0, 0.1) is 27.7 Å². The fourth-order valence-electron chi connectivity index (χ4n) is 7.78. The van der Waals surface area contributed by atoms with Crippen LogP contribution in [0.1, 0.15) is 58.0 Å². The Balaban J connectivity index is 1.36. The molecule has 0 aliphatic carbocycles. The van der Waals surface area contributed by atoms with Gasteiger partial charge in [0.15, 0.2) is 0 Å². The molecular weight excluding hydrogens is 719 g/mol. The Morgan fingerprint density at radius 2 is 1.69 bits per heavy atom. The van der Waals surface area contributed by atoms with Crippen LogP contribution in [0.5, 0.6) is 5.75 Å². The molecular formula is C39H42Cl2N6O4S. The van der Waals surface area contributed by atoms with Crippen molar-refractivity contribution >= 4 is 66.8 Å². The minimum atomic E-state index is -3.64. The van der Waals surface area contributed by atoms with Crippen molar-refractivity contribution in [2.45, 2.75) is 58.4 Å². The van der Waals surface area contributed by atoms with Gasteiger partial charge in [-0.1, -0.05) is 29.3 Å². The number of hydrogen-bond acceptors (Lipinski definition) is 5. The zero-order chi connectivity index (χ0) is 37.4. The lowest BCUT2D eigenvalue weighted by Crippen LogP contribution is -2.43. The molecule has 10 nitrogen and oxygen atoms in total. The van der Waals surface area contributed by atoms with E-state index in [0.29, 0.717) is 42.5 Å². The summed E-state index contributed by atoms with van der Waals surface area (Å²) in [6.07, 6.45) is 1.25. The molecule has 1 aliphatic heterocycles. The monoisotopic (exact) mass is 760 g/mol. The molecule has 0 saturated heterocycles. The summed E-state index contributed by atoms with van der Waals surface area (Å²) in [5.41, 5.74) is 8.88. The number of nitrogens with zero attached hydrogens (tertiary/aromatic N) is 5. The number of amides is 1. The Morgan fingerprint density at radius 1 is 0.981 bits per heavy atom. The number of nitrogens with one attached hydrogen (secondary N) is 1. The highest BCUT2D eigenvalue weighted by molar-refractivity contribution is 7.89. The third-order valence-electron chi connectivity index (χ3n) is 10.4. The maximum atomic E-state index is 15.0. The molecule has 1 N–H and O–H groups in total. The lowest BCUT2D eigenvalue weighted by molar-refractivity contribution is 0.0956. The lowest BCUT2D eigenvalue weighted by atomic mass is 9.98. The predicted molar refractivity (Wildman–Crippen MR) is 209 cm³/mol. The van der Waals surface area contributed by atoms with Gasteiger partial charge < -0.3 is 13.9 Å². The van der Waals surface area contributed by atoms with Crippen LogP contribution in [0.3, 0.4) is 0 Å². The van der Waals surface area contributed by atoms with Gasteiger partial charge in [0.1, 0.15) is 17.3 Å². The zero-order valence-corrected chi connectivity index (χ0v) is 32.9. The number of rotatable bonds is 9. The van der Waals surface area contributed by atoms with Crippen LogP contribution in [0.25, 0.3) is 32.9 Å². The molecule has 0 fully saturated rings. The third kappa shape index (κ3) is 5.78. The summed E-state index contributed by atoms with van der Waals surface area (Å²) in [5, 5.41) is 7.73. The number of halogens is 2. The maximum Gasteiger partial charge on any atom is 0.276 e. The minimum absolute atomic E-state index is 0.132. The molecule has 52 heavy (non-hydrogen) atoms. The van der Waals surface area contributed by atoms with Gasteiger partial charge in [-0.15, -0.1) is 0 Å². The smallest absolute Gasteiger partial charge is 0.276 e. The van der Waals surface area contributed by atoms with E-state index in [9.17, 15) is 13.2 Å². The third-order valence-corrected chi connectivity index (χ3v) is 12.7. The number of aromatic nitrogens is 4. The number of sulfonamides is 1. The van der Waals surface area contributed by atoms with Gasteiger partial charge in [-0.2, -0.15) is 5.10 Å². The van der Waals surface area contributed by atoms with Crippen molar-refractivity contribution in [2.75, 3.05) is 25.1 Å². The Hall–Kier alpha value is -4.29. The second-order valence-corrected chi connectivity index (χ2v) is 16.4. The number of anilines is 1. The van der Waals surface area contributed by atoms with E-state index in [1.807, 2.05) is 86.3 Å². The molecule has 7 rings (SSSR count). The van der Waals surface area contributed by atoms with Gasteiger partial charge in [0.25, 0.3) is 5.91 Å². The van der Waals surface area contributed by atoms with Crippen LogP contribution in [-0.4, -0.2) is 53.4 Å². The van der Waals surface area contributed by atoms with Gasteiger partial charge in [-0.05, 0) is 114 Å². The maximum absolute atomic E-state index is 15.0. The molecule has 3 aromatic heterocycles. The molecule has 272 valence electrons. The standard InChI is InChI=1S/C39H42Cl2N6O4S/c1-21-16-27(17-22(2)36(21)41)51-15-9-10-29-30-12-13-31(40)35(34-24(4)43-45(8)25(34)5)37(30)47-23(3)20-46(39(48)38(29)47)33-19-26-18-28(52(49,50)42-6)11-14-32(26)44(33)7/h11-14,16-19,23,42H,9-10,15,20H2,1-8H3/t23-/m1/s1. The number of carbonyl (C=O) groups excluding carboxylic acids is 1. The van der Waals surface area contributed by atoms with Gasteiger partial charge in [0.05, 0.1) is 27.7 Å². The van der Waals surface area contributed by atoms with Crippen molar-refractivity contribution in [3.63, 3.8) is 0 Å². The van der Waals surface area contributed by atoms with Crippen molar-refractivity contribution in [1.29, 1.82) is 0 Å². The van der Waals surface area contributed by atoms with Gasteiger partial charge >= 0.3 is 0 Å². The average molecular weight is 762 g/mol. The summed E-state index contributed by atoms with van der Waals surface area (Å²) < 4.78 is 39.8. The van der Waals surface area contributed by atoms with Gasteiger partial charge in [0, 0.05) is 64.8 Å². The summed E-state index contributed by atoms with van der Waals surface area (Å²) in [7, 11) is 1.57. The fourth-order valence-corrected chi connectivity index (χ4v) is 8.90. The molecule has 0 spiro atoms. The van der Waals surface area contributed by atoms with Crippen LogP contribution >= 0.6 is 23.2 Å². The van der Waals surface area contributed by atoms with E-state index >= 15 is 0 Å². The second-order valence-electron chi connectivity index (χ2n) is 13.8. The SMILES string of the molecule is CNS(=O)(=O)c1ccc2c(c1)cc(N1C[C@@H](C)n3c(c(CCCOc4cc(C)c(Cl)c(C)c4)c4ccc(Cl)c(-c5c(C)nn(C)c5C)c43)C1=O)n2C. The first-order valence-corrected chi connectivity index (χ1v) is 19.5. The predicted octanol–water partition coefficient (Wildman–Crippen LogP) is 8.22. The first-order valence-electron chi connectivity index (χ1n) is 17.2. The van der Waals surface area contributed by atoms with Gasteiger partial charge in [-0.3, -0.25) is 14.4 Å². The number of aryl methyl sites for hydroxylation is 6.